The summed E-state index contributed by atoms with van der Waals surface area (Å²) in [6, 6.07) is 0. The number of nitrogens with zero attached hydrogens (tertiary/aromatic N) is 2. The summed E-state index contributed by atoms with van der Waals surface area (Å²) in [6.45, 7) is 8.87. The van der Waals surface area contributed by atoms with Gasteiger partial charge in [-0.15, -0.1) is 0 Å². The van der Waals surface area contributed by atoms with Crippen molar-refractivity contribution in [1.29, 1.82) is 0 Å². The molecular formula is C15H22ClN3O3. The molecule has 0 radical (unpaired) electrons. The fraction of sp³-hybridized carbons (Fsp3) is 0.533. The lowest BCUT2D eigenvalue weighted by atomic mass is 10.1. The Hall–Kier alpha value is -1.82. The summed E-state index contributed by atoms with van der Waals surface area (Å²) in [5, 5.41) is 7.31. The molecule has 6 nitrogen and oxygen atoms in total. The highest BCUT2D eigenvalue weighted by atomic mass is 35.5. The van der Waals surface area contributed by atoms with Crippen LogP contribution in [-0.4, -0.2) is 33.3 Å². The summed E-state index contributed by atoms with van der Waals surface area (Å²) in [7, 11) is 1.71. The van der Waals surface area contributed by atoms with Gasteiger partial charge in [0.1, 0.15) is 5.15 Å². The Kier molecular flexibility index (Phi) is 5.77. The number of carbonyl (C=O) groups is 2. The lowest BCUT2D eigenvalue weighted by molar-refractivity contribution is -0.150. The van der Waals surface area contributed by atoms with E-state index in [4.69, 9.17) is 16.3 Å². The summed E-state index contributed by atoms with van der Waals surface area (Å²) in [5.74, 6) is -0.958. The predicted octanol–water partition coefficient (Wildman–Crippen LogP) is 2.24. The Morgan fingerprint density at radius 3 is 2.45 bits per heavy atom. The molecule has 22 heavy (non-hydrogen) atoms. The van der Waals surface area contributed by atoms with E-state index >= 15 is 0 Å². The fourth-order valence-corrected chi connectivity index (χ4v) is 1.96. The molecule has 0 saturated carbocycles. The molecular weight excluding hydrogens is 306 g/mol. The van der Waals surface area contributed by atoms with E-state index in [1.165, 1.54) is 23.8 Å². The van der Waals surface area contributed by atoms with Crippen molar-refractivity contribution in [3.05, 3.63) is 22.5 Å². The first kappa shape index (κ1) is 18.2. The van der Waals surface area contributed by atoms with Crippen molar-refractivity contribution in [2.45, 2.75) is 46.3 Å². The van der Waals surface area contributed by atoms with Gasteiger partial charge in [-0.2, -0.15) is 5.10 Å². The molecule has 0 aromatic carbocycles. The Bertz CT molecular complexity index is 600. The van der Waals surface area contributed by atoms with Crippen molar-refractivity contribution < 1.29 is 14.3 Å². The van der Waals surface area contributed by atoms with Gasteiger partial charge in [-0.05, 0) is 40.7 Å². The van der Waals surface area contributed by atoms with Gasteiger partial charge in [0.25, 0.3) is 5.91 Å². The van der Waals surface area contributed by atoms with E-state index in [0.29, 0.717) is 16.4 Å². The summed E-state index contributed by atoms with van der Waals surface area (Å²) >= 11 is 6.06. The van der Waals surface area contributed by atoms with Crippen LogP contribution in [0.3, 0.4) is 0 Å². The first-order valence-corrected chi connectivity index (χ1v) is 7.29. The minimum Gasteiger partial charge on any atom is -0.449 e. The van der Waals surface area contributed by atoms with Crippen LogP contribution in [0.5, 0.6) is 0 Å². The van der Waals surface area contributed by atoms with Crippen molar-refractivity contribution in [2.24, 2.45) is 7.05 Å². The number of ether oxygens (including phenoxy) is 1. The van der Waals surface area contributed by atoms with E-state index in [2.05, 4.69) is 10.4 Å². The Labute approximate surface area is 135 Å². The molecule has 0 saturated heterocycles. The first-order chi connectivity index (χ1) is 10.0. The lowest BCUT2D eigenvalue weighted by Crippen LogP contribution is -2.46. The molecule has 1 amide bonds. The standard InChI is InChI=1S/C15H22ClN3O3/c1-9-11(13(16)19(6)18-9)7-8-12(20)22-10(2)14(21)17-15(3,4)5/h7-8,10H,1-6H3,(H,17,21). The van der Waals surface area contributed by atoms with E-state index in [1.807, 2.05) is 20.8 Å². The zero-order chi connectivity index (χ0) is 17.1. The minimum absolute atomic E-state index is 0.343. The van der Waals surface area contributed by atoms with Crippen molar-refractivity contribution in [3.8, 4) is 0 Å². The molecule has 0 aliphatic heterocycles. The molecule has 0 spiro atoms. The third-order valence-corrected chi connectivity index (χ3v) is 3.19. The van der Waals surface area contributed by atoms with E-state index < -0.39 is 12.1 Å². The molecule has 122 valence electrons. The highest BCUT2D eigenvalue weighted by molar-refractivity contribution is 6.31. The molecule has 0 aliphatic carbocycles. The molecule has 7 heteroatoms. The number of hydrogen-bond acceptors (Lipinski definition) is 4. The normalized spacial score (nSPS) is 13.2. The molecule has 0 fully saturated rings. The number of hydrogen-bond donors (Lipinski definition) is 1. The Balaban J connectivity index is 2.66. The lowest BCUT2D eigenvalue weighted by Gasteiger charge is -2.22. The van der Waals surface area contributed by atoms with Crippen LogP contribution in [0.2, 0.25) is 5.15 Å². The second-order valence-electron chi connectivity index (χ2n) is 6.07. The van der Waals surface area contributed by atoms with Gasteiger partial charge in [-0.3, -0.25) is 9.48 Å². The van der Waals surface area contributed by atoms with Crippen LogP contribution in [0, 0.1) is 6.92 Å². The minimum atomic E-state index is -0.873. The highest BCUT2D eigenvalue weighted by Gasteiger charge is 2.21. The maximum absolute atomic E-state index is 11.8. The van der Waals surface area contributed by atoms with Crippen LogP contribution in [-0.2, 0) is 21.4 Å². The van der Waals surface area contributed by atoms with Crippen LogP contribution >= 0.6 is 11.6 Å². The van der Waals surface area contributed by atoms with Gasteiger partial charge in [0, 0.05) is 24.2 Å². The van der Waals surface area contributed by atoms with Gasteiger partial charge < -0.3 is 10.1 Å². The van der Waals surface area contributed by atoms with Gasteiger partial charge >= 0.3 is 5.97 Å². The van der Waals surface area contributed by atoms with Gasteiger partial charge in [0.2, 0.25) is 0 Å². The smallest absolute Gasteiger partial charge is 0.331 e. The second kappa shape index (κ2) is 6.96. The van der Waals surface area contributed by atoms with Crippen molar-refractivity contribution >= 4 is 29.6 Å². The van der Waals surface area contributed by atoms with E-state index in [0.717, 1.165) is 0 Å². The topological polar surface area (TPSA) is 73.2 Å². The molecule has 1 aromatic heterocycles. The summed E-state index contributed by atoms with van der Waals surface area (Å²) in [5.41, 5.74) is 0.969. The number of rotatable bonds is 4. The fourth-order valence-electron chi connectivity index (χ4n) is 1.73. The average molecular weight is 328 g/mol. The molecule has 0 aliphatic rings. The molecule has 1 atom stereocenters. The maximum atomic E-state index is 11.8. The van der Waals surface area contributed by atoms with E-state index in [9.17, 15) is 9.59 Å². The SMILES string of the molecule is Cc1nn(C)c(Cl)c1C=CC(=O)OC(C)C(=O)NC(C)(C)C. The third-order valence-electron chi connectivity index (χ3n) is 2.74. The van der Waals surface area contributed by atoms with Crippen LogP contribution in [0.25, 0.3) is 6.08 Å². The summed E-state index contributed by atoms with van der Waals surface area (Å²) in [6.07, 6.45) is 1.89. The zero-order valence-corrected chi connectivity index (χ0v) is 14.5. The molecule has 1 aromatic rings. The van der Waals surface area contributed by atoms with Crippen molar-refractivity contribution in [1.82, 2.24) is 15.1 Å². The van der Waals surface area contributed by atoms with Crippen molar-refractivity contribution in [2.75, 3.05) is 0 Å². The van der Waals surface area contributed by atoms with Gasteiger partial charge in [-0.25, -0.2) is 4.79 Å². The second-order valence-corrected chi connectivity index (χ2v) is 6.42. The van der Waals surface area contributed by atoms with Crippen LogP contribution in [0.1, 0.15) is 39.0 Å². The van der Waals surface area contributed by atoms with Gasteiger partial charge in [0.05, 0.1) is 5.69 Å². The number of aryl methyl sites for hydroxylation is 2. The monoisotopic (exact) mass is 327 g/mol. The number of esters is 1. The van der Waals surface area contributed by atoms with Gasteiger partial charge in [-0.1, -0.05) is 11.6 Å². The number of nitrogens with one attached hydrogen (secondary N) is 1. The number of carbonyl (C=O) groups excluding carboxylic acids is 2. The Morgan fingerprint density at radius 1 is 1.41 bits per heavy atom. The van der Waals surface area contributed by atoms with E-state index in [1.54, 1.807) is 14.0 Å². The number of amides is 1. The highest BCUT2D eigenvalue weighted by Crippen LogP contribution is 2.20. The quantitative estimate of drug-likeness (QED) is 0.680. The van der Waals surface area contributed by atoms with Crippen LogP contribution < -0.4 is 5.32 Å². The van der Waals surface area contributed by atoms with E-state index in [-0.39, 0.29) is 11.4 Å². The predicted molar refractivity (Wildman–Crippen MR) is 85.4 cm³/mol. The van der Waals surface area contributed by atoms with Gasteiger partial charge in [0.15, 0.2) is 6.10 Å². The maximum Gasteiger partial charge on any atom is 0.331 e. The number of aromatic nitrogens is 2. The number of halogens is 1. The molecule has 0 bridgehead atoms. The third kappa shape index (κ3) is 5.18. The summed E-state index contributed by atoms with van der Waals surface area (Å²) < 4.78 is 6.57. The zero-order valence-electron chi connectivity index (χ0n) is 13.7. The molecule has 1 rings (SSSR count). The average Bonchev–Trinajstić information content (AvgIpc) is 2.59. The molecule has 1 unspecified atom stereocenters. The van der Waals surface area contributed by atoms with Crippen molar-refractivity contribution in [3.63, 3.8) is 0 Å². The van der Waals surface area contributed by atoms with Crippen LogP contribution in [0.4, 0.5) is 0 Å². The Morgan fingerprint density at radius 2 is 2.00 bits per heavy atom. The molecule has 1 heterocycles. The summed E-state index contributed by atoms with van der Waals surface area (Å²) in [4.78, 5) is 23.6. The largest absolute Gasteiger partial charge is 0.449 e. The molecule has 1 N–H and O–H groups in total. The first-order valence-electron chi connectivity index (χ1n) is 6.91. The van der Waals surface area contributed by atoms with Crippen LogP contribution in [0.15, 0.2) is 6.08 Å².